The smallest absolute Gasteiger partial charge is 0.317 e. The summed E-state index contributed by atoms with van der Waals surface area (Å²) in [5.41, 5.74) is 0. The first-order valence-electron chi connectivity index (χ1n) is 7.77. The summed E-state index contributed by atoms with van der Waals surface area (Å²) in [6.07, 6.45) is 5.22. The molecule has 5 heteroatoms. The number of carboxylic acid groups (broad SMARTS) is 1. The minimum absolute atomic E-state index is 0.0775. The molecule has 2 aliphatic rings. The molecule has 0 aromatic heterocycles. The van der Waals surface area contributed by atoms with Crippen molar-refractivity contribution < 1.29 is 14.7 Å². The molecule has 0 bridgehead atoms. The molecule has 2 rings (SSSR count). The predicted molar refractivity (Wildman–Crippen MR) is 76.4 cm³/mol. The van der Waals surface area contributed by atoms with Gasteiger partial charge in [-0.2, -0.15) is 0 Å². The summed E-state index contributed by atoms with van der Waals surface area (Å²) in [4.78, 5) is 24.9. The second-order valence-electron chi connectivity index (χ2n) is 6.52. The average Bonchev–Trinajstić information content (AvgIpc) is 2.89. The molecule has 1 aliphatic carbocycles. The summed E-state index contributed by atoms with van der Waals surface area (Å²) in [5, 5.41) is 12.1. The molecule has 1 aliphatic heterocycles. The molecule has 1 saturated carbocycles. The Balaban J connectivity index is 1.89. The maximum Gasteiger partial charge on any atom is 0.317 e. The van der Waals surface area contributed by atoms with Crippen molar-refractivity contribution in [1.82, 2.24) is 10.2 Å². The van der Waals surface area contributed by atoms with Gasteiger partial charge in [-0.15, -0.1) is 0 Å². The van der Waals surface area contributed by atoms with E-state index in [1.54, 1.807) is 4.90 Å². The first-order chi connectivity index (χ1) is 9.49. The van der Waals surface area contributed by atoms with E-state index < -0.39 is 11.9 Å². The number of carbonyl (C=O) groups excluding carboxylic acids is 1. The largest absolute Gasteiger partial charge is 0.481 e. The molecule has 5 nitrogen and oxygen atoms in total. The van der Waals surface area contributed by atoms with Crippen molar-refractivity contribution in [2.45, 2.75) is 52.0 Å². The molecule has 0 radical (unpaired) electrons. The number of hydrogen-bond acceptors (Lipinski definition) is 2. The number of carbonyl (C=O) groups is 2. The fourth-order valence-corrected chi connectivity index (χ4v) is 3.53. The Morgan fingerprint density at radius 3 is 2.50 bits per heavy atom. The van der Waals surface area contributed by atoms with Crippen LogP contribution in [0.3, 0.4) is 0 Å². The highest BCUT2D eigenvalue weighted by molar-refractivity contribution is 5.77. The lowest BCUT2D eigenvalue weighted by atomic mass is 9.78. The zero-order chi connectivity index (χ0) is 14.7. The van der Waals surface area contributed by atoms with Gasteiger partial charge in [-0.3, -0.25) is 4.79 Å². The van der Waals surface area contributed by atoms with Gasteiger partial charge in [0.25, 0.3) is 0 Å². The molecule has 0 aromatic rings. The van der Waals surface area contributed by atoms with E-state index in [0.29, 0.717) is 31.3 Å². The zero-order valence-electron chi connectivity index (χ0n) is 12.5. The van der Waals surface area contributed by atoms with Crippen molar-refractivity contribution in [1.29, 1.82) is 0 Å². The number of likely N-dealkylation sites (tertiary alicyclic amines) is 1. The van der Waals surface area contributed by atoms with E-state index in [0.717, 1.165) is 6.42 Å². The van der Waals surface area contributed by atoms with Crippen LogP contribution in [-0.2, 0) is 4.79 Å². The Morgan fingerprint density at radius 1 is 1.20 bits per heavy atom. The maximum atomic E-state index is 12.3. The first kappa shape index (κ1) is 15.1. The summed E-state index contributed by atoms with van der Waals surface area (Å²) in [6.45, 7) is 5.33. The van der Waals surface area contributed by atoms with Gasteiger partial charge in [0.15, 0.2) is 0 Å². The number of nitrogens with one attached hydrogen (secondary N) is 1. The molecule has 2 fully saturated rings. The Bertz CT molecular complexity index is 370. The van der Waals surface area contributed by atoms with Crippen LogP contribution in [-0.4, -0.2) is 41.1 Å². The summed E-state index contributed by atoms with van der Waals surface area (Å²) in [6, 6.07) is 0.173. The van der Waals surface area contributed by atoms with Crippen LogP contribution in [0.4, 0.5) is 4.79 Å². The topological polar surface area (TPSA) is 69.6 Å². The second-order valence-corrected chi connectivity index (χ2v) is 6.52. The van der Waals surface area contributed by atoms with Crippen LogP contribution in [0, 0.1) is 17.8 Å². The van der Waals surface area contributed by atoms with E-state index >= 15 is 0 Å². The number of rotatable bonds is 3. The van der Waals surface area contributed by atoms with Gasteiger partial charge in [0, 0.05) is 19.1 Å². The molecule has 2 N–H and O–H groups in total. The third-order valence-electron chi connectivity index (χ3n) is 4.81. The SMILES string of the molecule is CC(C)C1CCCCC1NC(=O)N1CCC(C(=O)O)C1. The van der Waals surface area contributed by atoms with Crippen LogP contribution in [0.5, 0.6) is 0 Å². The van der Waals surface area contributed by atoms with E-state index in [2.05, 4.69) is 19.2 Å². The third-order valence-corrected chi connectivity index (χ3v) is 4.81. The van der Waals surface area contributed by atoms with Crippen molar-refractivity contribution >= 4 is 12.0 Å². The van der Waals surface area contributed by atoms with E-state index in [1.807, 2.05) is 0 Å². The highest BCUT2D eigenvalue weighted by Gasteiger charge is 2.34. The predicted octanol–water partition coefficient (Wildman–Crippen LogP) is 2.32. The van der Waals surface area contributed by atoms with Crippen LogP contribution in [0.2, 0.25) is 0 Å². The Labute approximate surface area is 120 Å². The van der Waals surface area contributed by atoms with Crippen molar-refractivity contribution in [3.8, 4) is 0 Å². The van der Waals surface area contributed by atoms with E-state index in [-0.39, 0.29) is 12.1 Å². The van der Waals surface area contributed by atoms with Crippen LogP contribution in [0.1, 0.15) is 46.0 Å². The van der Waals surface area contributed by atoms with E-state index in [1.165, 1.54) is 19.3 Å². The number of nitrogens with zero attached hydrogens (tertiary/aromatic N) is 1. The summed E-state index contributed by atoms with van der Waals surface area (Å²) < 4.78 is 0. The van der Waals surface area contributed by atoms with Crippen LogP contribution in [0.15, 0.2) is 0 Å². The molecule has 0 aromatic carbocycles. The average molecular weight is 282 g/mol. The van der Waals surface area contributed by atoms with Gasteiger partial charge in [0.05, 0.1) is 5.92 Å². The minimum Gasteiger partial charge on any atom is -0.481 e. The molecule has 1 heterocycles. The molecule has 3 atom stereocenters. The fourth-order valence-electron chi connectivity index (χ4n) is 3.53. The Hall–Kier alpha value is -1.26. The minimum atomic E-state index is -0.793. The number of hydrogen-bond donors (Lipinski definition) is 2. The van der Waals surface area contributed by atoms with E-state index in [4.69, 9.17) is 5.11 Å². The lowest BCUT2D eigenvalue weighted by Gasteiger charge is -2.35. The van der Waals surface area contributed by atoms with Gasteiger partial charge in [-0.25, -0.2) is 4.79 Å². The molecule has 20 heavy (non-hydrogen) atoms. The number of amides is 2. The fraction of sp³-hybridized carbons (Fsp3) is 0.867. The lowest BCUT2D eigenvalue weighted by Crippen LogP contribution is -2.49. The van der Waals surface area contributed by atoms with E-state index in [9.17, 15) is 9.59 Å². The van der Waals surface area contributed by atoms with Gasteiger partial charge in [-0.1, -0.05) is 26.7 Å². The second kappa shape index (κ2) is 6.46. The van der Waals surface area contributed by atoms with Crippen molar-refractivity contribution in [3.05, 3.63) is 0 Å². The van der Waals surface area contributed by atoms with Gasteiger partial charge in [0.2, 0.25) is 0 Å². The summed E-state index contributed by atoms with van der Waals surface area (Å²) in [7, 11) is 0. The summed E-state index contributed by atoms with van der Waals surface area (Å²) >= 11 is 0. The molecule has 114 valence electrons. The zero-order valence-corrected chi connectivity index (χ0v) is 12.5. The normalized spacial score (nSPS) is 30.6. The molecule has 2 amide bonds. The molecular formula is C15H26N2O3. The lowest BCUT2D eigenvalue weighted by molar-refractivity contribution is -0.141. The van der Waals surface area contributed by atoms with Gasteiger partial charge >= 0.3 is 12.0 Å². The Morgan fingerprint density at radius 2 is 1.90 bits per heavy atom. The maximum absolute atomic E-state index is 12.3. The van der Waals surface area contributed by atoms with Crippen molar-refractivity contribution in [2.24, 2.45) is 17.8 Å². The van der Waals surface area contributed by atoms with Crippen molar-refractivity contribution in [3.63, 3.8) is 0 Å². The first-order valence-corrected chi connectivity index (χ1v) is 7.77. The van der Waals surface area contributed by atoms with Gasteiger partial charge < -0.3 is 15.3 Å². The van der Waals surface area contributed by atoms with Crippen LogP contribution < -0.4 is 5.32 Å². The standard InChI is InChI=1S/C15H26N2O3/c1-10(2)12-5-3-4-6-13(12)16-15(20)17-8-7-11(9-17)14(18)19/h10-13H,3-9H2,1-2H3,(H,16,20)(H,18,19). The third kappa shape index (κ3) is 3.44. The number of carboxylic acids is 1. The quantitative estimate of drug-likeness (QED) is 0.834. The molecule has 0 spiro atoms. The molecule has 3 unspecified atom stereocenters. The van der Waals surface area contributed by atoms with Gasteiger partial charge in [0.1, 0.15) is 0 Å². The monoisotopic (exact) mass is 282 g/mol. The number of aliphatic carboxylic acids is 1. The van der Waals surface area contributed by atoms with Crippen molar-refractivity contribution in [2.75, 3.05) is 13.1 Å². The molecular weight excluding hydrogens is 256 g/mol. The highest BCUT2D eigenvalue weighted by atomic mass is 16.4. The van der Waals surface area contributed by atoms with Crippen LogP contribution >= 0.6 is 0 Å². The Kier molecular flexibility index (Phi) is 4.89. The number of urea groups is 1. The van der Waals surface area contributed by atoms with Crippen LogP contribution in [0.25, 0.3) is 0 Å². The summed E-state index contributed by atoms with van der Waals surface area (Å²) in [5.74, 6) is -0.0671. The molecule has 1 saturated heterocycles. The highest BCUT2D eigenvalue weighted by Crippen LogP contribution is 2.30. The van der Waals surface area contributed by atoms with Gasteiger partial charge in [-0.05, 0) is 31.1 Å².